The quantitative estimate of drug-likeness (QED) is 0.341. The van der Waals surface area contributed by atoms with Gasteiger partial charge in [0, 0.05) is 0 Å². The first kappa shape index (κ1) is 18.5. The van der Waals surface area contributed by atoms with E-state index >= 15 is 0 Å². The first-order valence-corrected chi connectivity index (χ1v) is 4.00. The van der Waals surface area contributed by atoms with E-state index in [1.165, 1.54) is 0 Å². The molecule has 1 atom stereocenters. The van der Waals surface area contributed by atoms with E-state index in [0.717, 1.165) is 0 Å². The number of alkyl halides is 6. The van der Waals surface area contributed by atoms with Gasteiger partial charge in [0.1, 0.15) is 0 Å². The fourth-order valence-corrected chi connectivity index (χ4v) is 0.574. The third-order valence-electron chi connectivity index (χ3n) is 0.835. The molecule has 0 saturated heterocycles. The molecular formula is C3HF6KO4S. The van der Waals surface area contributed by atoms with E-state index in [4.69, 9.17) is 0 Å². The zero-order chi connectivity index (χ0) is 11.8. The number of ether oxygens (including phenoxy) is 1. The minimum atomic E-state index is -6.56. The molecule has 0 heterocycles. The summed E-state index contributed by atoms with van der Waals surface area (Å²) in [6.45, 7) is 0. The van der Waals surface area contributed by atoms with E-state index in [9.17, 15) is 39.3 Å². The number of hydrogen-bond acceptors (Lipinski definition) is 4. The molecule has 15 heavy (non-hydrogen) atoms. The molecule has 0 fully saturated rings. The van der Waals surface area contributed by atoms with Crippen LogP contribution in [-0.2, 0) is 14.9 Å². The third-order valence-corrected chi connectivity index (χ3v) is 1.69. The molecule has 0 aliphatic carbocycles. The van der Waals surface area contributed by atoms with Crippen molar-refractivity contribution in [3.05, 3.63) is 0 Å². The van der Waals surface area contributed by atoms with E-state index in [2.05, 4.69) is 0 Å². The normalized spacial score (nSPS) is 15.7. The van der Waals surface area contributed by atoms with Crippen LogP contribution in [0.1, 0.15) is 0 Å². The average molecular weight is 286 g/mol. The molecule has 0 aromatic carbocycles. The minimum absolute atomic E-state index is 0. The van der Waals surface area contributed by atoms with Crippen LogP contribution < -0.4 is 51.4 Å². The maximum Gasteiger partial charge on any atom is 1.00 e. The van der Waals surface area contributed by atoms with Crippen LogP contribution in [0.4, 0.5) is 26.3 Å². The molecule has 0 aliphatic heterocycles. The van der Waals surface area contributed by atoms with Gasteiger partial charge in [0.05, 0.1) is 0 Å². The van der Waals surface area contributed by atoms with Gasteiger partial charge in [-0.25, -0.2) is 17.5 Å². The van der Waals surface area contributed by atoms with E-state index in [1.807, 2.05) is 4.74 Å². The van der Waals surface area contributed by atoms with Crippen LogP contribution in [0, 0.1) is 0 Å². The Morgan fingerprint density at radius 1 is 1.13 bits per heavy atom. The molecular weight excluding hydrogens is 285 g/mol. The largest absolute Gasteiger partial charge is 1.00 e. The summed E-state index contributed by atoms with van der Waals surface area (Å²) in [4.78, 5) is 0. The van der Waals surface area contributed by atoms with Crippen LogP contribution >= 0.6 is 0 Å². The summed E-state index contributed by atoms with van der Waals surface area (Å²) in [6, 6.07) is 0. The second-order valence-electron chi connectivity index (χ2n) is 1.90. The first-order valence-electron chi connectivity index (χ1n) is 2.60. The standard InChI is InChI=1S/C3H2F6O4S.K/c4-1(13-3(7,8)9)2(5,6)14(10,11)12;/h1H,(H,10,11,12);/q;+1/p-1. The van der Waals surface area contributed by atoms with Crippen molar-refractivity contribution in [3.8, 4) is 0 Å². The monoisotopic (exact) mass is 286 g/mol. The van der Waals surface area contributed by atoms with E-state index < -0.39 is 28.1 Å². The van der Waals surface area contributed by atoms with Crippen LogP contribution in [0.15, 0.2) is 0 Å². The Kier molecular flexibility index (Phi) is 6.91. The van der Waals surface area contributed by atoms with Gasteiger partial charge >= 0.3 is 63.0 Å². The molecule has 0 spiro atoms. The molecule has 0 N–H and O–H groups in total. The van der Waals surface area contributed by atoms with Gasteiger partial charge in [-0.15, -0.1) is 13.2 Å². The molecule has 0 radical (unpaired) electrons. The minimum Gasteiger partial charge on any atom is -0.743 e. The fraction of sp³-hybridized carbons (Fsp3) is 1.00. The molecule has 86 valence electrons. The zero-order valence-electron chi connectivity index (χ0n) is 6.89. The van der Waals surface area contributed by atoms with Crippen molar-refractivity contribution in [1.29, 1.82) is 0 Å². The molecule has 12 heteroatoms. The first-order chi connectivity index (χ1) is 5.88. The van der Waals surface area contributed by atoms with Gasteiger partial charge in [-0.3, -0.25) is 0 Å². The molecule has 0 aromatic heterocycles. The van der Waals surface area contributed by atoms with Crippen LogP contribution in [0.25, 0.3) is 0 Å². The van der Waals surface area contributed by atoms with Crippen LogP contribution in [0.2, 0.25) is 0 Å². The number of hydrogen-bond donors (Lipinski definition) is 0. The number of rotatable bonds is 3. The van der Waals surface area contributed by atoms with Crippen molar-refractivity contribution in [2.75, 3.05) is 0 Å². The molecule has 0 aromatic rings. The van der Waals surface area contributed by atoms with Crippen molar-refractivity contribution in [1.82, 2.24) is 0 Å². The summed E-state index contributed by atoms with van der Waals surface area (Å²) in [6.07, 6.45) is -10.4. The topological polar surface area (TPSA) is 66.4 Å². The molecule has 0 bridgehead atoms. The molecule has 0 rings (SSSR count). The molecule has 0 saturated carbocycles. The molecule has 4 nitrogen and oxygen atoms in total. The third kappa shape index (κ3) is 5.81. The van der Waals surface area contributed by atoms with E-state index in [1.54, 1.807) is 0 Å². The van der Waals surface area contributed by atoms with Gasteiger partial charge < -0.3 is 4.55 Å². The average Bonchev–Trinajstić information content (AvgIpc) is 1.80. The van der Waals surface area contributed by atoms with Crippen molar-refractivity contribution < 1.29 is 95.4 Å². The van der Waals surface area contributed by atoms with Gasteiger partial charge in [-0.1, -0.05) is 0 Å². The molecule has 0 aliphatic rings. The predicted octanol–water partition coefficient (Wildman–Crippen LogP) is -2.04. The zero-order valence-corrected chi connectivity index (χ0v) is 10.8. The maximum absolute atomic E-state index is 12.0. The Hall–Kier alpha value is 1.09. The van der Waals surface area contributed by atoms with Gasteiger partial charge in [0.25, 0.3) is 6.36 Å². The van der Waals surface area contributed by atoms with E-state index in [0.29, 0.717) is 0 Å². The van der Waals surface area contributed by atoms with Gasteiger partial charge in [-0.05, 0) is 0 Å². The van der Waals surface area contributed by atoms with Crippen molar-refractivity contribution >= 4 is 10.1 Å². The molecule has 1 unspecified atom stereocenters. The smallest absolute Gasteiger partial charge is 0.743 e. The van der Waals surface area contributed by atoms with Crippen LogP contribution in [0.5, 0.6) is 0 Å². The van der Waals surface area contributed by atoms with Crippen molar-refractivity contribution in [2.24, 2.45) is 0 Å². The summed E-state index contributed by atoms with van der Waals surface area (Å²) in [7, 11) is -6.56. The Morgan fingerprint density at radius 2 is 1.47 bits per heavy atom. The van der Waals surface area contributed by atoms with Gasteiger partial charge in [0.15, 0.2) is 10.1 Å². The Bertz CT molecular complexity index is 298. The summed E-state index contributed by atoms with van der Waals surface area (Å²) in [5, 5.41) is -5.79. The predicted molar refractivity (Wildman–Crippen MR) is 26.7 cm³/mol. The molecule has 0 amide bonds. The van der Waals surface area contributed by atoms with Gasteiger partial charge in [0.2, 0.25) is 0 Å². The van der Waals surface area contributed by atoms with Crippen molar-refractivity contribution in [3.63, 3.8) is 0 Å². The van der Waals surface area contributed by atoms with Crippen LogP contribution in [0.3, 0.4) is 0 Å². The summed E-state index contributed by atoms with van der Waals surface area (Å²) in [5.74, 6) is 0. The summed E-state index contributed by atoms with van der Waals surface area (Å²) >= 11 is 0. The Balaban J connectivity index is 0. The maximum atomic E-state index is 12.0. The Morgan fingerprint density at radius 3 is 1.67 bits per heavy atom. The van der Waals surface area contributed by atoms with Crippen LogP contribution in [-0.4, -0.2) is 30.9 Å². The summed E-state index contributed by atoms with van der Waals surface area (Å²) < 4.78 is 100. The Labute approximate surface area is 122 Å². The number of halogens is 6. The fourth-order valence-electron chi connectivity index (χ4n) is 0.299. The van der Waals surface area contributed by atoms with Gasteiger partial charge in [-0.2, -0.15) is 8.78 Å². The second-order valence-corrected chi connectivity index (χ2v) is 3.35. The summed E-state index contributed by atoms with van der Waals surface area (Å²) in [5.41, 5.74) is 0. The SMILES string of the molecule is O=S(=O)([O-])C(F)(F)C(F)OC(F)(F)F.[K+]. The van der Waals surface area contributed by atoms with E-state index in [-0.39, 0.29) is 51.4 Å². The van der Waals surface area contributed by atoms with Crippen molar-refractivity contribution in [2.45, 2.75) is 18.0 Å². The second kappa shape index (κ2) is 5.62.